The SMILES string of the molecule is C=C(O[Si](C)(C)C)C(=Cc1cc(Cl)ccc1F)C1=CC=CC=CN1. The fourth-order valence-electron chi connectivity index (χ4n) is 2.14. The molecule has 1 N–H and O–H groups in total. The van der Waals surface area contributed by atoms with Crippen LogP contribution in [0.25, 0.3) is 6.08 Å². The zero-order chi connectivity index (χ0) is 17.7. The zero-order valence-corrected chi connectivity index (χ0v) is 15.8. The minimum atomic E-state index is -1.85. The summed E-state index contributed by atoms with van der Waals surface area (Å²) in [5.41, 5.74) is 1.86. The van der Waals surface area contributed by atoms with Crippen LogP contribution in [0.1, 0.15) is 5.56 Å². The molecule has 5 heteroatoms. The molecule has 0 radical (unpaired) electrons. The van der Waals surface area contributed by atoms with Crippen molar-refractivity contribution in [2.45, 2.75) is 19.6 Å². The highest BCUT2D eigenvalue weighted by Crippen LogP contribution is 2.27. The van der Waals surface area contributed by atoms with Gasteiger partial charge >= 0.3 is 0 Å². The van der Waals surface area contributed by atoms with E-state index in [0.29, 0.717) is 21.9 Å². The van der Waals surface area contributed by atoms with Gasteiger partial charge in [0.15, 0.2) is 0 Å². The van der Waals surface area contributed by atoms with Crippen LogP contribution in [0.2, 0.25) is 24.7 Å². The van der Waals surface area contributed by atoms with Gasteiger partial charge in [0.05, 0.1) is 0 Å². The van der Waals surface area contributed by atoms with E-state index in [1.807, 2.05) is 24.3 Å². The molecule has 0 saturated heterocycles. The minimum Gasteiger partial charge on any atom is -0.544 e. The van der Waals surface area contributed by atoms with Gasteiger partial charge in [-0.15, -0.1) is 0 Å². The summed E-state index contributed by atoms with van der Waals surface area (Å²) in [4.78, 5) is 0. The van der Waals surface area contributed by atoms with Crippen molar-refractivity contribution < 1.29 is 8.82 Å². The lowest BCUT2D eigenvalue weighted by Crippen LogP contribution is -2.26. The molecule has 126 valence electrons. The molecule has 1 aromatic carbocycles. The van der Waals surface area contributed by atoms with Crippen molar-refractivity contribution in [3.8, 4) is 0 Å². The molecule has 24 heavy (non-hydrogen) atoms. The molecule has 1 aliphatic heterocycles. The summed E-state index contributed by atoms with van der Waals surface area (Å²) in [6, 6.07) is 4.46. The number of allylic oxidation sites excluding steroid dienone is 4. The molecule has 0 bridgehead atoms. The van der Waals surface area contributed by atoms with Crippen LogP contribution in [0, 0.1) is 5.82 Å². The maximum Gasteiger partial charge on any atom is 0.242 e. The summed E-state index contributed by atoms with van der Waals surface area (Å²) < 4.78 is 20.2. The largest absolute Gasteiger partial charge is 0.544 e. The molecule has 0 amide bonds. The van der Waals surface area contributed by atoms with E-state index >= 15 is 0 Å². The summed E-state index contributed by atoms with van der Waals surface area (Å²) in [7, 11) is -1.85. The van der Waals surface area contributed by atoms with Gasteiger partial charge in [-0.1, -0.05) is 30.3 Å². The molecule has 0 aliphatic carbocycles. The van der Waals surface area contributed by atoms with Gasteiger partial charge in [-0.25, -0.2) is 4.39 Å². The Bertz CT molecular complexity index is 757. The minimum absolute atomic E-state index is 0.349. The van der Waals surface area contributed by atoms with Crippen LogP contribution < -0.4 is 5.32 Å². The molecule has 0 spiro atoms. The van der Waals surface area contributed by atoms with Crippen molar-refractivity contribution in [2.75, 3.05) is 0 Å². The van der Waals surface area contributed by atoms with Crippen LogP contribution in [-0.4, -0.2) is 8.32 Å². The van der Waals surface area contributed by atoms with Gasteiger partial charge in [0, 0.05) is 28.1 Å². The van der Waals surface area contributed by atoms with E-state index in [4.69, 9.17) is 16.0 Å². The van der Waals surface area contributed by atoms with Crippen molar-refractivity contribution in [1.29, 1.82) is 0 Å². The predicted molar refractivity (Wildman–Crippen MR) is 102 cm³/mol. The Labute approximate surface area is 148 Å². The number of hydrogen-bond acceptors (Lipinski definition) is 2. The lowest BCUT2D eigenvalue weighted by atomic mass is 10.1. The molecular formula is C19H21ClFNOSi. The molecule has 0 aromatic heterocycles. The quantitative estimate of drug-likeness (QED) is 0.407. The highest BCUT2D eigenvalue weighted by molar-refractivity contribution is 6.70. The van der Waals surface area contributed by atoms with Crippen molar-refractivity contribution in [3.63, 3.8) is 0 Å². The summed E-state index contributed by atoms with van der Waals surface area (Å²) in [5.74, 6) is 0.161. The highest BCUT2D eigenvalue weighted by Gasteiger charge is 2.20. The molecule has 2 nitrogen and oxygen atoms in total. The van der Waals surface area contributed by atoms with E-state index < -0.39 is 8.32 Å². The molecule has 1 aromatic rings. The fraction of sp³-hybridized carbons (Fsp3) is 0.158. The smallest absolute Gasteiger partial charge is 0.242 e. The van der Waals surface area contributed by atoms with E-state index in [9.17, 15) is 4.39 Å². The van der Waals surface area contributed by atoms with Gasteiger partial charge in [-0.05, 0) is 56.1 Å². The zero-order valence-electron chi connectivity index (χ0n) is 14.1. The first-order valence-corrected chi connectivity index (χ1v) is 11.4. The third-order valence-electron chi connectivity index (χ3n) is 3.10. The van der Waals surface area contributed by atoms with E-state index in [0.717, 1.165) is 5.70 Å². The van der Waals surface area contributed by atoms with Gasteiger partial charge in [0.2, 0.25) is 8.32 Å². The van der Waals surface area contributed by atoms with Gasteiger partial charge in [0.25, 0.3) is 0 Å². The van der Waals surface area contributed by atoms with E-state index in [1.165, 1.54) is 12.1 Å². The van der Waals surface area contributed by atoms with Crippen molar-refractivity contribution >= 4 is 26.0 Å². The second kappa shape index (κ2) is 7.68. The van der Waals surface area contributed by atoms with Crippen molar-refractivity contribution in [3.05, 3.63) is 88.7 Å². The van der Waals surface area contributed by atoms with Crippen molar-refractivity contribution in [2.24, 2.45) is 0 Å². The third-order valence-corrected chi connectivity index (χ3v) is 4.19. The standard InChI is InChI=1S/C19H21ClFNOSi/c1-14(23-24(2,3)4)17(19-8-6-5-7-11-22-19)13-15-12-16(20)9-10-18(15)21/h5-13,22H,1H2,2-4H3. The Morgan fingerprint density at radius 3 is 2.71 bits per heavy atom. The fourth-order valence-corrected chi connectivity index (χ4v) is 3.17. The predicted octanol–water partition coefficient (Wildman–Crippen LogP) is 5.78. The summed E-state index contributed by atoms with van der Waals surface area (Å²) in [6.45, 7) is 10.3. The molecule has 2 rings (SSSR count). The summed E-state index contributed by atoms with van der Waals surface area (Å²) in [5, 5.41) is 3.65. The Kier molecular flexibility index (Phi) is 5.86. The highest BCUT2D eigenvalue weighted by atomic mass is 35.5. The lowest BCUT2D eigenvalue weighted by Gasteiger charge is -2.24. The van der Waals surface area contributed by atoms with Crippen LogP contribution in [-0.2, 0) is 4.43 Å². The maximum absolute atomic E-state index is 14.1. The van der Waals surface area contributed by atoms with Gasteiger partial charge in [-0.2, -0.15) is 0 Å². The number of benzene rings is 1. The Balaban J connectivity index is 2.49. The van der Waals surface area contributed by atoms with E-state index in [-0.39, 0.29) is 5.82 Å². The molecule has 1 heterocycles. The molecule has 0 atom stereocenters. The molecule has 0 fully saturated rings. The Morgan fingerprint density at radius 2 is 2.00 bits per heavy atom. The second-order valence-corrected chi connectivity index (χ2v) is 11.2. The van der Waals surface area contributed by atoms with Crippen LogP contribution in [0.4, 0.5) is 4.39 Å². The van der Waals surface area contributed by atoms with E-state index in [2.05, 4.69) is 31.5 Å². The number of nitrogens with one attached hydrogen (secondary N) is 1. The molecule has 1 aliphatic rings. The Morgan fingerprint density at radius 1 is 1.25 bits per heavy atom. The summed E-state index contributed by atoms with van der Waals surface area (Å²) >= 11 is 6.00. The number of hydrogen-bond donors (Lipinski definition) is 1. The first kappa shape index (κ1) is 18.3. The average molecular weight is 362 g/mol. The first-order valence-electron chi connectivity index (χ1n) is 7.62. The number of rotatable bonds is 5. The third kappa shape index (κ3) is 5.25. The van der Waals surface area contributed by atoms with Crippen LogP contribution in [0.5, 0.6) is 0 Å². The average Bonchev–Trinajstić information content (AvgIpc) is 2.75. The molecule has 0 unspecified atom stereocenters. The molecular weight excluding hydrogens is 341 g/mol. The van der Waals surface area contributed by atoms with E-state index in [1.54, 1.807) is 18.3 Å². The monoisotopic (exact) mass is 361 g/mol. The molecule has 0 saturated carbocycles. The summed E-state index contributed by atoms with van der Waals surface area (Å²) in [6.07, 6.45) is 11.1. The topological polar surface area (TPSA) is 21.3 Å². The van der Waals surface area contributed by atoms with Crippen LogP contribution in [0.3, 0.4) is 0 Å². The second-order valence-electron chi connectivity index (χ2n) is 6.33. The van der Waals surface area contributed by atoms with Gasteiger partial charge in [-0.3, -0.25) is 0 Å². The number of halogens is 2. The maximum atomic E-state index is 14.1. The normalized spacial score (nSPS) is 14.7. The first-order chi connectivity index (χ1) is 11.3. The van der Waals surface area contributed by atoms with Gasteiger partial charge in [0.1, 0.15) is 11.6 Å². The van der Waals surface area contributed by atoms with Crippen molar-refractivity contribution in [1.82, 2.24) is 5.32 Å². The Hall–Kier alpha value is -2.04. The lowest BCUT2D eigenvalue weighted by molar-refractivity contribution is 0.437. The van der Waals surface area contributed by atoms with Crippen LogP contribution in [0.15, 0.2) is 72.3 Å². The van der Waals surface area contributed by atoms with Crippen LogP contribution >= 0.6 is 11.6 Å². The van der Waals surface area contributed by atoms with Gasteiger partial charge < -0.3 is 9.74 Å².